The number of aryl methyl sites for hydroxylation is 1. The second-order valence-electron chi connectivity index (χ2n) is 4.70. The fourth-order valence-electron chi connectivity index (χ4n) is 1.84. The van der Waals surface area contributed by atoms with Gasteiger partial charge in [0.2, 0.25) is 0 Å². The first-order valence-corrected chi connectivity index (χ1v) is 7.19. The molecule has 7 heteroatoms. The first kappa shape index (κ1) is 14.5. The van der Waals surface area contributed by atoms with Crippen molar-refractivity contribution in [1.82, 2.24) is 19.7 Å². The molecular weight excluding hydrogens is 276 g/mol. The molecule has 0 aliphatic carbocycles. The first-order chi connectivity index (χ1) is 9.49. The number of hydrogen-bond donors (Lipinski definition) is 1. The number of rotatable bonds is 5. The summed E-state index contributed by atoms with van der Waals surface area (Å²) in [6, 6.07) is 2.12. The molecular formula is C13H16N4O2S. The minimum atomic E-state index is -0.868. The van der Waals surface area contributed by atoms with Crippen molar-refractivity contribution in [3.05, 3.63) is 24.0 Å². The Morgan fingerprint density at radius 2 is 2.15 bits per heavy atom. The van der Waals surface area contributed by atoms with Crippen LogP contribution in [0, 0.1) is 6.92 Å². The van der Waals surface area contributed by atoms with Crippen LogP contribution in [0.15, 0.2) is 23.6 Å². The zero-order valence-electron chi connectivity index (χ0n) is 11.6. The Balaban J connectivity index is 2.41. The topological polar surface area (TPSA) is 80.9 Å². The molecule has 2 rings (SSSR count). The Hall–Kier alpha value is -1.89. The molecule has 0 aromatic carbocycles. The lowest BCUT2D eigenvalue weighted by atomic mass is 10.2. The standard InChI is InChI=1S/C13H16N4O2S/c1-8(2)17-12(10-4-9(3)5-14-6-10)15-16-13(17)20-7-11(18)19/h4-6,8H,7H2,1-3H3,(H,18,19). The van der Waals surface area contributed by atoms with Crippen LogP contribution < -0.4 is 0 Å². The molecule has 0 radical (unpaired) electrons. The molecule has 1 N–H and O–H groups in total. The number of thioether (sulfide) groups is 1. The van der Waals surface area contributed by atoms with Gasteiger partial charge in [0.1, 0.15) is 0 Å². The van der Waals surface area contributed by atoms with Gasteiger partial charge in [-0.3, -0.25) is 14.3 Å². The average molecular weight is 292 g/mol. The zero-order chi connectivity index (χ0) is 14.7. The summed E-state index contributed by atoms with van der Waals surface area (Å²) < 4.78 is 1.93. The van der Waals surface area contributed by atoms with Crippen LogP contribution in [0.5, 0.6) is 0 Å². The highest BCUT2D eigenvalue weighted by Gasteiger charge is 2.17. The van der Waals surface area contributed by atoms with Gasteiger partial charge < -0.3 is 5.11 Å². The van der Waals surface area contributed by atoms with Crippen molar-refractivity contribution in [2.45, 2.75) is 32.0 Å². The minimum Gasteiger partial charge on any atom is -0.481 e. The lowest BCUT2D eigenvalue weighted by Crippen LogP contribution is -2.07. The highest BCUT2D eigenvalue weighted by Crippen LogP contribution is 2.27. The summed E-state index contributed by atoms with van der Waals surface area (Å²) in [5.41, 5.74) is 1.92. The summed E-state index contributed by atoms with van der Waals surface area (Å²) in [6.45, 7) is 5.99. The molecule has 106 valence electrons. The van der Waals surface area contributed by atoms with Crippen LogP contribution in [0.4, 0.5) is 0 Å². The number of nitrogens with zero attached hydrogens (tertiary/aromatic N) is 4. The van der Waals surface area contributed by atoms with Gasteiger partial charge in [-0.15, -0.1) is 10.2 Å². The number of carboxylic acid groups (broad SMARTS) is 1. The van der Waals surface area contributed by atoms with E-state index in [2.05, 4.69) is 15.2 Å². The van der Waals surface area contributed by atoms with Gasteiger partial charge in [-0.2, -0.15) is 0 Å². The fourth-order valence-corrected chi connectivity index (χ4v) is 2.63. The quantitative estimate of drug-likeness (QED) is 0.852. The van der Waals surface area contributed by atoms with Crippen molar-refractivity contribution < 1.29 is 9.90 Å². The smallest absolute Gasteiger partial charge is 0.313 e. The monoisotopic (exact) mass is 292 g/mol. The predicted octanol–water partition coefficient (Wildman–Crippen LogP) is 2.41. The van der Waals surface area contributed by atoms with E-state index in [-0.39, 0.29) is 11.8 Å². The molecule has 0 aliphatic rings. The third-order valence-corrected chi connectivity index (χ3v) is 3.57. The molecule has 0 aliphatic heterocycles. The second-order valence-corrected chi connectivity index (χ2v) is 5.65. The molecule has 0 fully saturated rings. The van der Waals surface area contributed by atoms with E-state index in [1.807, 2.05) is 31.4 Å². The third-order valence-electron chi connectivity index (χ3n) is 2.64. The van der Waals surface area contributed by atoms with Crippen LogP contribution in [0.2, 0.25) is 0 Å². The van der Waals surface area contributed by atoms with Crippen molar-refractivity contribution in [1.29, 1.82) is 0 Å². The SMILES string of the molecule is Cc1cncc(-c2nnc(SCC(=O)O)n2C(C)C)c1. The molecule has 2 aromatic rings. The van der Waals surface area contributed by atoms with E-state index in [4.69, 9.17) is 5.11 Å². The maximum atomic E-state index is 10.7. The summed E-state index contributed by atoms with van der Waals surface area (Å²) in [4.78, 5) is 14.8. The van der Waals surface area contributed by atoms with E-state index < -0.39 is 5.97 Å². The number of carbonyl (C=O) groups is 1. The van der Waals surface area contributed by atoms with Gasteiger partial charge >= 0.3 is 5.97 Å². The van der Waals surface area contributed by atoms with Crippen LogP contribution in [0.3, 0.4) is 0 Å². The molecule has 0 spiro atoms. The van der Waals surface area contributed by atoms with Crippen LogP contribution in [-0.2, 0) is 4.79 Å². The van der Waals surface area contributed by atoms with Gasteiger partial charge in [-0.05, 0) is 32.4 Å². The van der Waals surface area contributed by atoms with Crippen LogP contribution in [-0.4, -0.2) is 36.6 Å². The van der Waals surface area contributed by atoms with E-state index in [1.54, 1.807) is 12.4 Å². The van der Waals surface area contributed by atoms with Gasteiger partial charge in [0, 0.05) is 24.0 Å². The summed E-state index contributed by atoms with van der Waals surface area (Å²) in [5.74, 6) is -0.187. The van der Waals surface area contributed by atoms with Crippen LogP contribution in [0.25, 0.3) is 11.4 Å². The number of carboxylic acids is 1. The zero-order valence-corrected chi connectivity index (χ0v) is 12.4. The molecule has 2 heterocycles. The lowest BCUT2D eigenvalue weighted by Gasteiger charge is -2.13. The van der Waals surface area contributed by atoms with Gasteiger partial charge in [-0.25, -0.2) is 0 Å². The van der Waals surface area contributed by atoms with Crippen molar-refractivity contribution in [2.75, 3.05) is 5.75 Å². The summed E-state index contributed by atoms with van der Waals surface area (Å²) >= 11 is 1.17. The van der Waals surface area contributed by atoms with Crippen LogP contribution >= 0.6 is 11.8 Å². The van der Waals surface area contributed by atoms with Gasteiger partial charge in [0.25, 0.3) is 0 Å². The Morgan fingerprint density at radius 1 is 1.40 bits per heavy atom. The first-order valence-electron chi connectivity index (χ1n) is 6.20. The summed E-state index contributed by atoms with van der Waals surface area (Å²) in [7, 11) is 0. The molecule has 0 saturated heterocycles. The lowest BCUT2D eigenvalue weighted by molar-refractivity contribution is -0.133. The molecule has 20 heavy (non-hydrogen) atoms. The molecule has 0 bridgehead atoms. The molecule has 0 unspecified atom stereocenters. The van der Waals surface area contributed by atoms with Crippen LogP contribution in [0.1, 0.15) is 25.5 Å². The Bertz CT molecular complexity index is 625. The second kappa shape index (κ2) is 6.04. The number of aliphatic carboxylic acids is 1. The van der Waals surface area contributed by atoms with Gasteiger partial charge in [0.15, 0.2) is 11.0 Å². The Morgan fingerprint density at radius 3 is 2.75 bits per heavy atom. The average Bonchev–Trinajstić information content (AvgIpc) is 2.80. The van der Waals surface area contributed by atoms with E-state index in [0.29, 0.717) is 11.0 Å². The van der Waals surface area contributed by atoms with Crippen molar-refractivity contribution >= 4 is 17.7 Å². The van der Waals surface area contributed by atoms with Gasteiger partial charge in [0.05, 0.1) is 5.75 Å². The van der Waals surface area contributed by atoms with E-state index in [9.17, 15) is 4.79 Å². The predicted molar refractivity (Wildman–Crippen MR) is 76.7 cm³/mol. The normalized spacial score (nSPS) is 11.0. The summed E-state index contributed by atoms with van der Waals surface area (Å²) in [5, 5.41) is 17.7. The molecule has 2 aromatic heterocycles. The van der Waals surface area contributed by atoms with Gasteiger partial charge in [-0.1, -0.05) is 11.8 Å². The largest absolute Gasteiger partial charge is 0.481 e. The third kappa shape index (κ3) is 3.16. The molecule has 0 atom stereocenters. The molecule has 6 nitrogen and oxygen atoms in total. The van der Waals surface area contributed by atoms with Crippen molar-refractivity contribution in [3.63, 3.8) is 0 Å². The minimum absolute atomic E-state index is 0.0308. The van der Waals surface area contributed by atoms with E-state index in [1.165, 1.54) is 11.8 Å². The summed E-state index contributed by atoms with van der Waals surface area (Å²) in [6.07, 6.45) is 3.52. The van der Waals surface area contributed by atoms with E-state index >= 15 is 0 Å². The Labute approximate surface area is 121 Å². The Kier molecular flexibility index (Phi) is 4.39. The highest BCUT2D eigenvalue weighted by atomic mass is 32.2. The molecule has 0 saturated carbocycles. The van der Waals surface area contributed by atoms with Crippen molar-refractivity contribution in [3.8, 4) is 11.4 Å². The van der Waals surface area contributed by atoms with Crippen molar-refractivity contribution in [2.24, 2.45) is 0 Å². The fraction of sp³-hybridized carbons (Fsp3) is 0.385. The molecule has 0 amide bonds. The van der Waals surface area contributed by atoms with E-state index in [0.717, 1.165) is 11.1 Å². The number of aromatic nitrogens is 4. The maximum absolute atomic E-state index is 10.7. The number of hydrogen-bond acceptors (Lipinski definition) is 5. The number of pyridine rings is 1. The highest BCUT2D eigenvalue weighted by molar-refractivity contribution is 7.99. The maximum Gasteiger partial charge on any atom is 0.313 e.